The van der Waals surface area contributed by atoms with E-state index in [0.29, 0.717) is 48.4 Å². The molecule has 0 aliphatic heterocycles. The second-order valence-electron chi connectivity index (χ2n) is 11.8. The van der Waals surface area contributed by atoms with Gasteiger partial charge in [0.25, 0.3) is 5.91 Å². The van der Waals surface area contributed by atoms with Gasteiger partial charge in [-0.05, 0) is 30.9 Å². The van der Waals surface area contributed by atoms with Crippen LogP contribution in [0.25, 0.3) is 10.8 Å². The molecule has 2 aromatic rings. The summed E-state index contributed by atoms with van der Waals surface area (Å²) in [6.07, 6.45) is 12.7. The van der Waals surface area contributed by atoms with Gasteiger partial charge in [-0.2, -0.15) is 0 Å². The van der Waals surface area contributed by atoms with Gasteiger partial charge in [-0.1, -0.05) is 90.7 Å². The first-order valence-corrected chi connectivity index (χ1v) is 17.9. The number of phenols is 1. The van der Waals surface area contributed by atoms with Crippen LogP contribution in [0.15, 0.2) is 24.3 Å². The second kappa shape index (κ2) is 23.2. The molecule has 0 aliphatic rings. The summed E-state index contributed by atoms with van der Waals surface area (Å²) >= 11 is 1.20. The Morgan fingerprint density at radius 2 is 1.59 bits per heavy atom. The largest absolute Gasteiger partial charge is 0.506 e. The predicted octanol–water partition coefficient (Wildman–Crippen LogP) is 8.00. The molecule has 0 spiro atoms. The number of fused-ring (bicyclic) bond motifs is 1. The summed E-state index contributed by atoms with van der Waals surface area (Å²) in [5, 5.41) is 26.3. The molecule has 0 saturated heterocycles. The Kier molecular flexibility index (Phi) is 19.7. The van der Waals surface area contributed by atoms with E-state index in [1.54, 1.807) is 18.2 Å². The van der Waals surface area contributed by atoms with Gasteiger partial charge in [-0.3, -0.25) is 14.9 Å². The maximum atomic E-state index is 13.1. The number of ether oxygens (including phenoxy) is 3. The number of carbonyl (C=O) groups excluding carboxylic acids is 2. The lowest BCUT2D eigenvalue weighted by Crippen LogP contribution is -2.25. The van der Waals surface area contributed by atoms with Crippen LogP contribution in [-0.4, -0.2) is 72.7 Å². The molecule has 46 heavy (non-hydrogen) atoms. The van der Waals surface area contributed by atoms with Gasteiger partial charge in [0.05, 0.1) is 35.6 Å². The normalized spacial score (nSPS) is 11.1. The van der Waals surface area contributed by atoms with E-state index in [1.807, 2.05) is 13.8 Å². The third-order valence-corrected chi connectivity index (χ3v) is 8.14. The molecule has 0 radical (unpaired) electrons. The van der Waals surface area contributed by atoms with Crippen molar-refractivity contribution in [2.45, 2.75) is 91.4 Å². The van der Waals surface area contributed by atoms with Crippen molar-refractivity contribution in [1.82, 2.24) is 5.32 Å². The lowest BCUT2D eigenvalue weighted by atomic mass is 10.0. The van der Waals surface area contributed by atoms with E-state index in [4.69, 9.17) is 19.3 Å². The highest BCUT2D eigenvalue weighted by Crippen LogP contribution is 2.40. The van der Waals surface area contributed by atoms with E-state index in [0.717, 1.165) is 6.42 Å². The molecule has 4 N–H and O–H groups in total. The number of aromatic hydroxyl groups is 1. The van der Waals surface area contributed by atoms with Crippen LogP contribution in [0, 0.1) is 5.92 Å². The Bertz CT molecular complexity index is 1210. The summed E-state index contributed by atoms with van der Waals surface area (Å²) < 4.78 is 17.0. The van der Waals surface area contributed by atoms with Crippen molar-refractivity contribution in [1.29, 1.82) is 0 Å². The van der Waals surface area contributed by atoms with Crippen molar-refractivity contribution in [2.75, 3.05) is 49.8 Å². The zero-order chi connectivity index (χ0) is 33.6. The summed E-state index contributed by atoms with van der Waals surface area (Å²) in [6, 6.07) is 6.39. The van der Waals surface area contributed by atoms with E-state index >= 15 is 0 Å². The molecule has 258 valence electrons. The number of aliphatic carboxylic acids is 1. The fourth-order valence-corrected chi connectivity index (χ4v) is 5.37. The van der Waals surface area contributed by atoms with E-state index in [1.165, 1.54) is 75.6 Å². The quantitative estimate of drug-likeness (QED) is 0.0778. The number of amides is 2. The van der Waals surface area contributed by atoms with Crippen LogP contribution in [0.1, 0.15) is 102 Å². The van der Waals surface area contributed by atoms with Crippen molar-refractivity contribution in [2.24, 2.45) is 5.92 Å². The number of carboxylic acids is 1. The van der Waals surface area contributed by atoms with E-state index < -0.39 is 18.0 Å². The highest BCUT2D eigenvalue weighted by molar-refractivity contribution is 7.99. The maximum absolute atomic E-state index is 13.1. The number of rotatable bonds is 25. The van der Waals surface area contributed by atoms with Crippen LogP contribution in [0.3, 0.4) is 0 Å². The summed E-state index contributed by atoms with van der Waals surface area (Å²) in [5.41, 5.74) is 0.382. The topological polar surface area (TPSA) is 143 Å². The zero-order valence-electron chi connectivity index (χ0n) is 27.9. The molecule has 0 aliphatic carbocycles. The van der Waals surface area contributed by atoms with E-state index in [9.17, 15) is 19.5 Å². The van der Waals surface area contributed by atoms with Gasteiger partial charge in [-0.25, -0.2) is 4.79 Å². The van der Waals surface area contributed by atoms with Crippen LogP contribution >= 0.6 is 11.8 Å². The summed E-state index contributed by atoms with van der Waals surface area (Å²) in [7, 11) is 0. The molecule has 11 heteroatoms. The van der Waals surface area contributed by atoms with E-state index in [2.05, 4.69) is 17.6 Å². The van der Waals surface area contributed by atoms with Gasteiger partial charge in [0.2, 0.25) is 0 Å². The standard InChI is InChI=1S/C35H54N2O8S/c1-4-5-6-7-8-9-10-11-12-13-19-43-20-15-18-36-34(41)28-23-30(44-21-22-46-25-31(38)39)32-27(33(28)40)16-14-17-29(32)37-35(42)45-24-26(2)3/h14,16-17,23,26,40H,4-13,15,18-22,24-25H2,1-3H3,(H,36,41)(H,37,42)(H,38,39). The number of phenolic OH excluding ortho intramolecular Hbond substituents is 1. The van der Waals surface area contributed by atoms with Crippen molar-refractivity contribution in [3.05, 3.63) is 29.8 Å². The monoisotopic (exact) mass is 662 g/mol. The molecule has 0 saturated carbocycles. The lowest BCUT2D eigenvalue weighted by molar-refractivity contribution is -0.133. The minimum Gasteiger partial charge on any atom is -0.506 e. The summed E-state index contributed by atoms with van der Waals surface area (Å²) in [6.45, 7) is 8.11. The first-order chi connectivity index (χ1) is 22.2. The van der Waals surface area contributed by atoms with Crippen molar-refractivity contribution < 1.29 is 38.8 Å². The van der Waals surface area contributed by atoms with Gasteiger partial charge in [0.1, 0.15) is 11.5 Å². The Morgan fingerprint density at radius 1 is 0.913 bits per heavy atom. The molecule has 2 amide bonds. The first kappa shape index (κ1) is 39.0. The van der Waals surface area contributed by atoms with Crippen molar-refractivity contribution in [3.63, 3.8) is 0 Å². The second-order valence-corrected chi connectivity index (χ2v) is 12.9. The third kappa shape index (κ3) is 15.4. The number of benzene rings is 2. The Labute approximate surface area is 278 Å². The minimum absolute atomic E-state index is 0.0338. The molecule has 0 heterocycles. The number of anilines is 1. The Balaban J connectivity index is 1.92. The molecule has 10 nitrogen and oxygen atoms in total. The number of hydrogen-bond acceptors (Lipinski definition) is 8. The fourth-order valence-electron chi connectivity index (χ4n) is 4.85. The van der Waals surface area contributed by atoms with Crippen LogP contribution in [0.4, 0.5) is 10.5 Å². The van der Waals surface area contributed by atoms with Crippen LogP contribution in [0.5, 0.6) is 11.5 Å². The molecule has 2 aromatic carbocycles. The van der Waals surface area contributed by atoms with Crippen molar-refractivity contribution in [3.8, 4) is 11.5 Å². The smallest absolute Gasteiger partial charge is 0.411 e. The average molecular weight is 663 g/mol. The summed E-state index contributed by atoms with van der Waals surface area (Å²) in [5.74, 6) is -0.873. The van der Waals surface area contributed by atoms with Gasteiger partial charge < -0.3 is 29.7 Å². The molecule has 0 unspecified atom stereocenters. The highest BCUT2D eigenvalue weighted by atomic mass is 32.2. The fraction of sp³-hybridized carbons (Fsp3) is 0.629. The molecular formula is C35H54N2O8S. The van der Waals surface area contributed by atoms with Crippen LogP contribution < -0.4 is 15.4 Å². The molecule has 0 bridgehead atoms. The third-order valence-electron chi connectivity index (χ3n) is 7.23. The van der Waals surface area contributed by atoms with Crippen molar-refractivity contribution >= 4 is 46.2 Å². The average Bonchev–Trinajstić information content (AvgIpc) is 3.02. The number of unbranched alkanes of at least 4 members (excludes halogenated alkanes) is 9. The lowest BCUT2D eigenvalue weighted by Gasteiger charge is -2.17. The molecule has 0 atom stereocenters. The molecular weight excluding hydrogens is 608 g/mol. The summed E-state index contributed by atoms with van der Waals surface area (Å²) in [4.78, 5) is 36.4. The van der Waals surface area contributed by atoms with Gasteiger partial charge >= 0.3 is 12.1 Å². The van der Waals surface area contributed by atoms with E-state index in [-0.39, 0.29) is 41.9 Å². The zero-order valence-corrected chi connectivity index (χ0v) is 28.7. The highest BCUT2D eigenvalue weighted by Gasteiger charge is 2.21. The number of carbonyl (C=O) groups is 3. The predicted molar refractivity (Wildman–Crippen MR) is 185 cm³/mol. The molecule has 2 rings (SSSR count). The minimum atomic E-state index is -0.922. The van der Waals surface area contributed by atoms with Crippen LogP contribution in [-0.2, 0) is 14.3 Å². The SMILES string of the molecule is CCCCCCCCCCCCOCCCNC(=O)c1cc(OCCSCC(=O)O)c2c(NC(=O)OCC(C)C)cccc2c1O. The van der Waals surface area contributed by atoms with Crippen LogP contribution in [0.2, 0.25) is 0 Å². The number of nitrogens with one attached hydrogen (secondary N) is 2. The Hall–Kier alpha value is -3.18. The maximum Gasteiger partial charge on any atom is 0.411 e. The number of thioether (sulfide) groups is 1. The Morgan fingerprint density at radius 3 is 2.26 bits per heavy atom. The number of carboxylic acid groups (broad SMARTS) is 1. The molecule has 0 aromatic heterocycles. The van der Waals surface area contributed by atoms with Gasteiger partial charge in [0.15, 0.2) is 0 Å². The van der Waals surface area contributed by atoms with Gasteiger partial charge in [-0.15, -0.1) is 11.8 Å². The first-order valence-electron chi connectivity index (χ1n) is 16.7. The molecule has 0 fully saturated rings. The van der Waals surface area contributed by atoms with Gasteiger partial charge in [0, 0.05) is 30.9 Å². The number of hydrogen-bond donors (Lipinski definition) is 4.